The Morgan fingerprint density at radius 1 is 1.14 bits per heavy atom. The smallest absolute Gasteiger partial charge is 0.150 e. The number of hydrogen-bond donors (Lipinski definition) is 2. The molecule has 0 aliphatic heterocycles. The minimum absolute atomic E-state index is 0.533. The lowest BCUT2D eigenvalue weighted by Gasteiger charge is -2.10. The molecule has 6 heteroatoms. The molecule has 3 nitrogen and oxygen atoms in total. The van der Waals surface area contributed by atoms with Crippen LogP contribution in [-0.4, -0.2) is 11.3 Å². The molecule has 0 radical (unpaired) electrons. The highest BCUT2D eigenvalue weighted by atomic mass is 35.5. The SMILES string of the molecule is Cc1cc(C)c(/C=C(\C=O)c2cc(SCc3cc(Cl)ccc3Cl)ccc2N)[nH]1. The van der Waals surface area contributed by atoms with Crippen LogP contribution in [0, 0.1) is 13.8 Å². The highest BCUT2D eigenvalue weighted by Gasteiger charge is 2.10. The van der Waals surface area contributed by atoms with Gasteiger partial charge in [0.15, 0.2) is 6.29 Å². The zero-order chi connectivity index (χ0) is 20.3. The quantitative estimate of drug-likeness (QED) is 0.201. The first kappa shape index (κ1) is 20.6. The van der Waals surface area contributed by atoms with E-state index in [0.29, 0.717) is 32.6 Å². The summed E-state index contributed by atoms with van der Waals surface area (Å²) in [7, 11) is 0. The van der Waals surface area contributed by atoms with Crippen molar-refractivity contribution < 1.29 is 4.79 Å². The molecular formula is C22H20Cl2N2OS. The molecule has 0 bridgehead atoms. The van der Waals surface area contributed by atoms with Crippen molar-refractivity contribution in [3.05, 3.63) is 80.6 Å². The Hall–Kier alpha value is -2.14. The lowest BCUT2D eigenvalue weighted by molar-refractivity contribution is -0.103. The Balaban J connectivity index is 1.89. The molecule has 1 heterocycles. The van der Waals surface area contributed by atoms with Gasteiger partial charge in [0.05, 0.1) is 0 Å². The van der Waals surface area contributed by atoms with Gasteiger partial charge in [-0.05, 0) is 73.5 Å². The Morgan fingerprint density at radius 2 is 1.93 bits per heavy atom. The standard InChI is InChI=1S/C22H20Cl2N2OS/c1-13-7-14(2)26-22(13)9-15(11-27)19-10-18(4-6-21(19)25)28-12-16-8-17(23)3-5-20(16)24/h3-11,26H,12,25H2,1-2H3/b15-9+. The number of benzene rings is 2. The van der Waals surface area contributed by atoms with Crippen LogP contribution in [0.4, 0.5) is 5.69 Å². The van der Waals surface area contributed by atoms with Gasteiger partial charge in [0.1, 0.15) is 0 Å². The molecule has 0 atom stereocenters. The van der Waals surface area contributed by atoms with Crippen LogP contribution >= 0.6 is 35.0 Å². The molecule has 0 unspecified atom stereocenters. The molecule has 0 saturated heterocycles. The highest BCUT2D eigenvalue weighted by Crippen LogP contribution is 2.32. The van der Waals surface area contributed by atoms with Gasteiger partial charge in [-0.2, -0.15) is 0 Å². The number of aromatic amines is 1. The highest BCUT2D eigenvalue weighted by molar-refractivity contribution is 7.98. The number of carbonyl (C=O) groups is 1. The van der Waals surface area contributed by atoms with Crippen molar-refractivity contribution in [2.24, 2.45) is 0 Å². The van der Waals surface area contributed by atoms with Gasteiger partial charge < -0.3 is 10.7 Å². The predicted molar refractivity (Wildman–Crippen MR) is 121 cm³/mol. The lowest BCUT2D eigenvalue weighted by atomic mass is 10.0. The van der Waals surface area contributed by atoms with Crippen LogP contribution in [-0.2, 0) is 10.5 Å². The number of nitrogens with two attached hydrogens (primary N) is 1. The van der Waals surface area contributed by atoms with Gasteiger partial charge >= 0.3 is 0 Å². The number of H-pyrrole nitrogens is 1. The van der Waals surface area contributed by atoms with Crippen molar-refractivity contribution >= 4 is 58.6 Å². The van der Waals surface area contributed by atoms with E-state index in [4.69, 9.17) is 28.9 Å². The average Bonchev–Trinajstić information content (AvgIpc) is 2.98. The third-order valence-electron chi connectivity index (χ3n) is 4.35. The lowest BCUT2D eigenvalue weighted by Crippen LogP contribution is -1.96. The van der Waals surface area contributed by atoms with Gasteiger partial charge in [-0.25, -0.2) is 0 Å². The second-order valence-electron chi connectivity index (χ2n) is 6.54. The third kappa shape index (κ3) is 4.82. The Labute approximate surface area is 178 Å². The Morgan fingerprint density at radius 3 is 2.61 bits per heavy atom. The number of allylic oxidation sites excluding steroid dienone is 1. The maximum atomic E-state index is 11.8. The van der Waals surface area contributed by atoms with Crippen molar-refractivity contribution in [2.75, 3.05) is 5.73 Å². The summed E-state index contributed by atoms with van der Waals surface area (Å²) in [6.07, 6.45) is 2.67. The van der Waals surface area contributed by atoms with Crippen molar-refractivity contribution in [1.29, 1.82) is 0 Å². The van der Waals surface area contributed by atoms with Crippen molar-refractivity contribution in [3.8, 4) is 0 Å². The zero-order valence-corrected chi connectivity index (χ0v) is 17.9. The Bertz CT molecular complexity index is 1060. The van der Waals surface area contributed by atoms with Crippen LogP contribution < -0.4 is 5.73 Å². The maximum Gasteiger partial charge on any atom is 0.150 e. The van der Waals surface area contributed by atoms with Gasteiger partial charge in [-0.3, -0.25) is 4.79 Å². The summed E-state index contributed by atoms with van der Waals surface area (Å²) in [6, 6.07) is 13.2. The molecule has 0 saturated carbocycles. The summed E-state index contributed by atoms with van der Waals surface area (Å²) in [5.41, 5.74) is 12.0. The fraction of sp³-hybridized carbons (Fsp3) is 0.136. The third-order valence-corrected chi connectivity index (χ3v) is 6.00. The summed E-state index contributed by atoms with van der Waals surface area (Å²) in [5.74, 6) is 0.665. The van der Waals surface area contributed by atoms with Gasteiger partial charge in [0.2, 0.25) is 0 Å². The minimum atomic E-state index is 0.533. The van der Waals surface area contributed by atoms with E-state index in [0.717, 1.165) is 33.7 Å². The van der Waals surface area contributed by atoms with E-state index in [1.165, 1.54) is 0 Å². The molecule has 3 rings (SSSR count). The summed E-state index contributed by atoms with van der Waals surface area (Å²) in [6.45, 7) is 3.99. The normalized spacial score (nSPS) is 11.6. The fourth-order valence-corrected chi connectivity index (χ4v) is 4.31. The van der Waals surface area contributed by atoms with Crippen molar-refractivity contribution in [1.82, 2.24) is 4.98 Å². The first-order valence-electron chi connectivity index (χ1n) is 8.67. The van der Waals surface area contributed by atoms with Crippen molar-refractivity contribution in [2.45, 2.75) is 24.5 Å². The number of aromatic nitrogens is 1. The van der Waals surface area contributed by atoms with E-state index >= 15 is 0 Å². The first-order chi connectivity index (χ1) is 13.4. The topological polar surface area (TPSA) is 58.9 Å². The number of carbonyl (C=O) groups excluding carboxylic acids is 1. The number of aldehydes is 1. The zero-order valence-electron chi connectivity index (χ0n) is 15.6. The second kappa shape index (κ2) is 8.91. The van der Waals surface area contributed by atoms with Gasteiger partial charge in [0.25, 0.3) is 0 Å². The summed E-state index contributed by atoms with van der Waals surface area (Å²) in [4.78, 5) is 16.0. The molecule has 0 amide bonds. The molecule has 3 N–H and O–H groups in total. The van der Waals surface area contributed by atoms with Crippen molar-refractivity contribution in [3.63, 3.8) is 0 Å². The van der Waals surface area contributed by atoms with Crippen LogP contribution in [0.5, 0.6) is 0 Å². The average molecular weight is 431 g/mol. The second-order valence-corrected chi connectivity index (χ2v) is 8.43. The molecule has 2 aromatic carbocycles. The predicted octanol–water partition coefficient (Wildman–Crippen LogP) is 6.55. The largest absolute Gasteiger partial charge is 0.398 e. The van der Waals surface area contributed by atoms with Crippen LogP contribution in [0.15, 0.2) is 47.4 Å². The van der Waals surface area contributed by atoms with E-state index < -0.39 is 0 Å². The number of hydrogen-bond acceptors (Lipinski definition) is 3. The van der Waals surface area contributed by atoms with E-state index in [1.54, 1.807) is 23.9 Å². The summed E-state index contributed by atoms with van der Waals surface area (Å²) < 4.78 is 0. The van der Waals surface area contributed by atoms with E-state index in [1.807, 2.05) is 50.3 Å². The number of nitrogens with one attached hydrogen (secondary N) is 1. The van der Waals surface area contributed by atoms with Crippen LogP contribution in [0.2, 0.25) is 10.0 Å². The molecule has 3 aromatic rings. The minimum Gasteiger partial charge on any atom is -0.398 e. The summed E-state index contributed by atoms with van der Waals surface area (Å²) >= 11 is 13.9. The molecule has 28 heavy (non-hydrogen) atoms. The molecule has 1 aromatic heterocycles. The molecular weight excluding hydrogens is 411 g/mol. The van der Waals surface area contributed by atoms with Gasteiger partial charge in [0, 0.05) is 48.9 Å². The van der Waals surface area contributed by atoms with Gasteiger partial charge in [-0.15, -0.1) is 11.8 Å². The number of thioether (sulfide) groups is 1. The number of nitrogen functional groups attached to an aromatic ring is 1. The monoisotopic (exact) mass is 430 g/mol. The fourth-order valence-electron chi connectivity index (χ4n) is 2.92. The molecule has 0 aliphatic carbocycles. The number of halogens is 2. The van der Waals surface area contributed by atoms with Crippen LogP contribution in [0.25, 0.3) is 11.6 Å². The van der Waals surface area contributed by atoms with E-state index in [9.17, 15) is 4.79 Å². The van der Waals surface area contributed by atoms with E-state index in [2.05, 4.69) is 4.98 Å². The number of rotatable bonds is 6. The summed E-state index contributed by atoms with van der Waals surface area (Å²) in [5, 5.41) is 1.33. The molecule has 0 aliphatic rings. The maximum absolute atomic E-state index is 11.8. The molecule has 0 spiro atoms. The number of anilines is 1. The molecule has 0 fully saturated rings. The van der Waals surface area contributed by atoms with E-state index in [-0.39, 0.29) is 0 Å². The van der Waals surface area contributed by atoms with Crippen LogP contribution in [0.1, 0.15) is 28.1 Å². The number of aryl methyl sites for hydroxylation is 2. The van der Waals surface area contributed by atoms with Gasteiger partial charge in [-0.1, -0.05) is 23.2 Å². The van der Waals surface area contributed by atoms with Crippen LogP contribution in [0.3, 0.4) is 0 Å². The first-order valence-corrected chi connectivity index (χ1v) is 10.4. The Kier molecular flexibility index (Phi) is 6.55. The molecule has 144 valence electrons.